The highest BCUT2D eigenvalue weighted by atomic mass is 32.1. The molecule has 0 bridgehead atoms. The Balaban J connectivity index is 1.58. The maximum absolute atomic E-state index is 12.9. The van der Waals surface area contributed by atoms with Gasteiger partial charge in [-0.05, 0) is 18.2 Å². The molecule has 162 valence electrons. The summed E-state index contributed by atoms with van der Waals surface area (Å²) in [5.74, 6) is 0.840. The Morgan fingerprint density at radius 3 is 2.55 bits per heavy atom. The van der Waals surface area contributed by atoms with Crippen LogP contribution in [-0.2, 0) is 11.3 Å². The molecule has 2 aromatic carbocycles. The number of hydrogen-bond acceptors (Lipinski definition) is 7. The van der Waals surface area contributed by atoms with Crippen LogP contribution in [0, 0.1) is 0 Å². The van der Waals surface area contributed by atoms with Gasteiger partial charge in [0, 0.05) is 35.6 Å². The average molecular weight is 440 g/mol. The van der Waals surface area contributed by atoms with Crippen molar-refractivity contribution in [2.75, 3.05) is 45.8 Å². The number of nitrogens with one attached hydrogen (secondary N) is 1. The second-order valence-electron chi connectivity index (χ2n) is 7.07. The van der Waals surface area contributed by atoms with Crippen molar-refractivity contribution < 1.29 is 19.0 Å². The molecule has 0 radical (unpaired) electrons. The van der Waals surface area contributed by atoms with Gasteiger partial charge in [0.05, 0.1) is 33.1 Å². The number of morpholine rings is 1. The first-order valence-electron chi connectivity index (χ1n) is 10.1. The molecule has 31 heavy (non-hydrogen) atoms. The van der Waals surface area contributed by atoms with Crippen LogP contribution in [0.25, 0.3) is 11.3 Å². The molecular weight excluding hydrogens is 414 g/mol. The van der Waals surface area contributed by atoms with Crippen molar-refractivity contribution in [3.63, 3.8) is 0 Å². The molecule has 1 N–H and O–H groups in total. The lowest BCUT2D eigenvalue weighted by Crippen LogP contribution is -2.35. The van der Waals surface area contributed by atoms with Gasteiger partial charge in [-0.1, -0.05) is 41.7 Å². The van der Waals surface area contributed by atoms with E-state index >= 15 is 0 Å². The summed E-state index contributed by atoms with van der Waals surface area (Å²) in [6, 6.07) is 15.1. The largest absolute Gasteiger partial charge is 0.493 e. The lowest BCUT2D eigenvalue weighted by molar-refractivity contribution is 0.0347. The van der Waals surface area contributed by atoms with Crippen LogP contribution in [0.2, 0.25) is 0 Å². The third kappa shape index (κ3) is 5.04. The molecule has 1 aliphatic rings. The van der Waals surface area contributed by atoms with Gasteiger partial charge in [0.1, 0.15) is 0 Å². The zero-order valence-electron chi connectivity index (χ0n) is 17.6. The lowest BCUT2D eigenvalue weighted by atomic mass is 10.1. The Morgan fingerprint density at radius 2 is 1.84 bits per heavy atom. The van der Waals surface area contributed by atoms with Crippen molar-refractivity contribution in [2.45, 2.75) is 6.54 Å². The second-order valence-corrected chi connectivity index (χ2v) is 8.15. The van der Waals surface area contributed by atoms with Crippen molar-refractivity contribution >= 4 is 22.4 Å². The van der Waals surface area contributed by atoms with Gasteiger partial charge in [-0.25, -0.2) is 4.98 Å². The second kappa shape index (κ2) is 9.91. The van der Waals surface area contributed by atoms with Crippen molar-refractivity contribution in [3.8, 4) is 22.8 Å². The molecule has 1 fully saturated rings. The monoisotopic (exact) mass is 439 g/mol. The van der Waals surface area contributed by atoms with E-state index < -0.39 is 0 Å². The number of carbonyl (C=O) groups excluding carboxylic acids is 1. The Labute approximate surface area is 185 Å². The number of benzene rings is 2. The molecule has 1 saturated heterocycles. The molecule has 0 spiro atoms. The molecule has 0 aliphatic carbocycles. The fourth-order valence-corrected chi connectivity index (χ4v) is 4.46. The highest BCUT2D eigenvalue weighted by Gasteiger charge is 2.20. The predicted molar refractivity (Wildman–Crippen MR) is 121 cm³/mol. The first kappa shape index (κ1) is 21.3. The number of hydrogen-bond donors (Lipinski definition) is 1. The van der Waals surface area contributed by atoms with E-state index in [0.29, 0.717) is 22.2 Å². The van der Waals surface area contributed by atoms with Crippen LogP contribution in [0.3, 0.4) is 0 Å². The molecule has 7 nitrogen and oxygen atoms in total. The number of anilines is 1. The number of ether oxygens (including phenoxy) is 3. The van der Waals surface area contributed by atoms with Gasteiger partial charge >= 0.3 is 0 Å². The normalized spacial score (nSPS) is 14.3. The van der Waals surface area contributed by atoms with E-state index in [4.69, 9.17) is 19.2 Å². The number of methoxy groups -OCH3 is 2. The summed E-state index contributed by atoms with van der Waals surface area (Å²) in [6.45, 7) is 4.03. The summed E-state index contributed by atoms with van der Waals surface area (Å²) >= 11 is 1.51. The van der Waals surface area contributed by atoms with Gasteiger partial charge in [0.2, 0.25) is 0 Å². The first-order chi connectivity index (χ1) is 15.2. The SMILES string of the molecule is COc1ccc(C(=O)Nc2nc(-c3ccccc3)c(CN3CCOCC3)s2)cc1OC. The van der Waals surface area contributed by atoms with E-state index in [1.54, 1.807) is 32.4 Å². The fourth-order valence-electron chi connectivity index (χ4n) is 3.44. The van der Waals surface area contributed by atoms with E-state index in [1.807, 2.05) is 30.3 Å². The summed E-state index contributed by atoms with van der Waals surface area (Å²) in [7, 11) is 3.11. The van der Waals surface area contributed by atoms with Gasteiger partial charge < -0.3 is 14.2 Å². The Hall–Kier alpha value is -2.94. The third-order valence-electron chi connectivity index (χ3n) is 5.08. The topological polar surface area (TPSA) is 72.9 Å². The highest BCUT2D eigenvalue weighted by Crippen LogP contribution is 2.33. The molecule has 4 rings (SSSR count). The molecule has 0 saturated carbocycles. The van der Waals surface area contributed by atoms with Crippen LogP contribution in [0.4, 0.5) is 5.13 Å². The molecule has 8 heteroatoms. The van der Waals surface area contributed by atoms with Crippen LogP contribution in [0.15, 0.2) is 48.5 Å². The van der Waals surface area contributed by atoms with E-state index in [-0.39, 0.29) is 5.91 Å². The zero-order chi connectivity index (χ0) is 21.6. The third-order valence-corrected chi connectivity index (χ3v) is 6.04. The van der Waals surface area contributed by atoms with Crippen LogP contribution in [0.5, 0.6) is 11.5 Å². The fraction of sp³-hybridized carbons (Fsp3) is 0.304. The number of amides is 1. The minimum Gasteiger partial charge on any atom is -0.493 e. The minimum atomic E-state index is -0.243. The van der Waals surface area contributed by atoms with Crippen molar-refractivity contribution in [1.29, 1.82) is 0 Å². The van der Waals surface area contributed by atoms with E-state index in [2.05, 4.69) is 10.2 Å². The van der Waals surface area contributed by atoms with Crippen molar-refractivity contribution in [2.24, 2.45) is 0 Å². The standard InChI is InChI=1S/C23H25N3O4S/c1-28-18-9-8-17(14-19(18)29-2)22(27)25-23-24-21(16-6-4-3-5-7-16)20(31-23)15-26-10-12-30-13-11-26/h3-9,14H,10-13,15H2,1-2H3,(H,24,25,27). The number of thiazole rings is 1. The Bertz CT molecular complexity index is 1030. The molecule has 2 heterocycles. The van der Waals surface area contributed by atoms with Gasteiger partial charge in [0.15, 0.2) is 16.6 Å². The summed E-state index contributed by atoms with van der Waals surface area (Å²) in [4.78, 5) is 21.1. The van der Waals surface area contributed by atoms with E-state index in [0.717, 1.165) is 49.0 Å². The van der Waals surface area contributed by atoms with Crippen LogP contribution >= 0.6 is 11.3 Å². The number of carbonyl (C=O) groups is 1. The number of aromatic nitrogens is 1. The van der Waals surface area contributed by atoms with Gasteiger partial charge in [-0.3, -0.25) is 15.0 Å². The summed E-state index contributed by atoms with van der Waals surface area (Å²) in [5.41, 5.74) is 2.41. The molecule has 1 amide bonds. The summed E-state index contributed by atoms with van der Waals surface area (Å²) in [6.07, 6.45) is 0. The van der Waals surface area contributed by atoms with E-state index in [1.165, 1.54) is 11.3 Å². The Morgan fingerprint density at radius 1 is 1.10 bits per heavy atom. The highest BCUT2D eigenvalue weighted by molar-refractivity contribution is 7.16. The predicted octanol–water partition coefficient (Wildman–Crippen LogP) is 3.91. The molecule has 1 aliphatic heterocycles. The van der Waals surface area contributed by atoms with Gasteiger partial charge in [-0.15, -0.1) is 0 Å². The smallest absolute Gasteiger partial charge is 0.257 e. The van der Waals surface area contributed by atoms with Crippen LogP contribution in [0.1, 0.15) is 15.2 Å². The van der Waals surface area contributed by atoms with Gasteiger partial charge in [0.25, 0.3) is 5.91 Å². The summed E-state index contributed by atoms with van der Waals surface area (Å²) < 4.78 is 16.0. The zero-order valence-corrected chi connectivity index (χ0v) is 18.4. The maximum Gasteiger partial charge on any atom is 0.257 e. The average Bonchev–Trinajstić information content (AvgIpc) is 3.21. The Kier molecular flexibility index (Phi) is 6.81. The van der Waals surface area contributed by atoms with Gasteiger partial charge in [-0.2, -0.15) is 0 Å². The first-order valence-corrected chi connectivity index (χ1v) is 10.9. The van der Waals surface area contributed by atoms with Crippen molar-refractivity contribution in [3.05, 3.63) is 59.0 Å². The van der Waals surface area contributed by atoms with Crippen molar-refractivity contribution in [1.82, 2.24) is 9.88 Å². The molecule has 3 aromatic rings. The van der Waals surface area contributed by atoms with E-state index in [9.17, 15) is 4.79 Å². The number of nitrogens with zero attached hydrogens (tertiary/aromatic N) is 2. The van der Waals surface area contributed by atoms with Crippen LogP contribution in [-0.4, -0.2) is 56.3 Å². The lowest BCUT2D eigenvalue weighted by Gasteiger charge is -2.26. The quantitative estimate of drug-likeness (QED) is 0.602. The molecule has 0 unspecified atom stereocenters. The molecular formula is C23H25N3O4S. The number of rotatable bonds is 7. The summed E-state index contributed by atoms with van der Waals surface area (Å²) in [5, 5.41) is 3.51. The molecule has 1 aromatic heterocycles. The van der Waals surface area contributed by atoms with Crippen LogP contribution < -0.4 is 14.8 Å². The molecule has 0 atom stereocenters. The minimum absolute atomic E-state index is 0.243. The maximum atomic E-state index is 12.9.